The zero-order valence-corrected chi connectivity index (χ0v) is 14.9. The zero-order chi connectivity index (χ0) is 20.8. The molecule has 7 nitrogen and oxygen atoms in total. The van der Waals surface area contributed by atoms with Crippen LogP contribution in [0.15, 0.2) is 47.0 Å². The Morgan fingerprint density at radius 3 is 2.48 bits per heavy atom. The Labute approximate surface area is 162 Å². The number of imide groups is 1. The van der Waals surface area contributed by atoms with Crippen LogP contribution >= 0.6 is 0 Å². The molecule has 10 heteroatoms. The van der Waals surface area contributed by atoms with Gasteiger partial charge in [-0.25, -0.2) is 18.0 Å². The van der Waals surface area contributed by atoms with Crippen LogP contribution in [0.2, 0.25) is 0 Å². The summed E-state index contributed by atoms with van der Waals surface area (Å²) >= 11 is 0. The maximum Gasteiger partial charge on any atom is 0.325 e. The number of aromatic nitrogens is 2. The van der Waals surface area contributed by atoms with Crippen LogP contribution in [-0.4, -0.2) is 27.0 Å². The van der Waals surface area contributed by atoms with E-state index in [0.29, 0.717) is 5.56 Å². The predicted molar refractivity (Wildman–Crippen MR) is 92.5 cm³/mol. The summed E-state index contributed by atoms with van der Waals surface area (Å²) in [5.74, 6) is -3.17. The Morgan fingerprint density at radius 2 is 1.79 bits per heavy atom. The summed E-state index contributed by atoms with van der Waals surface area (Å²) in [6.07, 6.45) is 0. The van der Waals surface area contributed by atoms with Crippen molar-refractivity contribution in [2.24, 2.45) is 0 Å². The van der Waals surface area contributed by atoms with Gasteiger partial charge in [-0.3, -0.25) is 9.69 Å². The SMILES string of the molecule is CC1(c2ccc(F)c(F)c2)NC(=O)N(Cc2nc(-c3ccc(F)cc3)no2)C1=O. The molecule has 0 radical (unpaired) electrons. The molecular weight excluding hydrogens is 389 g/mol. The van der Waals surface area contributed by atoms with E-state index in [1.165, 1.54) is 37.3 Å². The molecule has 29 heavy (non-hydrogen) atoms. The van der Waals surface area contributed by atoms with Crippen LogP contribution in [0.5, 0.6) is 0 Å². The summed E-state index contributed by atoms with van der Waals surface area (Å²) in [4.78, 5) is 30.1. The Bertz CT molecular complexity index is 1120. The topological polar surface area (TPSA) is 88.3 Å². The molecule has 2 aromatic carbocycles. The standard InChI is InChI=1S/C19H13F3N4O3/c1-19(11-4-7-13(21)14(22)8-11)17(27)26(18(28)24-19)9-15-23-16(25-29-15)10-2-5-12(20)6-3-10/h2-8H,9H2,1H3,(H,24,28). The molecule has 0 saturated carbocycles. The number of halogens is 3. The van der Waals surface area contributed by atoms with Gasteiger partial charge in [0.15, 0.2) is 11.6 Å². The zero-order valence-electron chi connectivity index (χ0n) is 14.9. The summed E-state index contributed by atoms with van der Waals surface area (Å²) in [5.41, 5.74) is -0.995. The van der Waals surface area contributed by atoms with Crippen LogP contribution in [0, 0.1) is 17.5 Å². The van der Waals surface area contributed by atoms with Crippen LogP contribution < -0.4 is 5.32 Å². The van der Waals surface area contributed by atoms with E-state index in [4.69, 9.17) is 4.52 Å². The van der Waals surface area contributed by atoms with Crippen LogP contribution in [0.1, 0.15) is 18.4 Å². The van der Waals surface area contributed by atoms with Crippen molar-refractivity contribution >= 4 is 11.9 Å². The van der Waals surface area contributed by atoms with Gasteiger partial charge in [0.2, 0.25) is 11.7 Å². The fourth-order valence-corrected chi connectivity index (χ4v) is 3.01. The first-order valence-electron chi connectivity index (χ1n) is 8.46. The molecular formula is C19H13F3N4O3. The lowest BCUT2D eigenvalue weighted by atomic mass is 9.92. The van der Waals surface area contributed by atoms with Crippen molar-refractivity contribution < 1.29 is 27.3 Å². The van der Waals surface area contributed by atoms with E-state index in [1.807, 2.05) is 0 Å². The molecule has 1 saturated heterocycles. The first-order chi connectivity index (χ1) is 13.8. The molecule has 3 aromatic rings. The molecule has 0 spiro atoms. The molecule has 3 amide bonds. The van der Waals surface area contributed by atoms with Crippen molar-refractivity contribution in [3.63, 3.8) is 0 Å². The number of hydrogen-bond acceptors (Lipinski definition) is 5. The van der Waals surface area contributed by atoms with E-state index in [-0.39, 0.29) is 23.8 Å². The van der Waals surface area contributed by atoms with Crippen molar-refractivity contribution in [3.05, 3.63) is 71.4 Å². The van der Waals surface area contributed by atoms with E-state index in [0.717, 1.165) is 17.0 Å². The molecule has 148 valence electrons. The highest BCUT2D eigenvalue weighted by molar-refractivity contribution is 6.07. The van der Waals surface area contributed by atoms with Gasteiger partial charge in [-0.05, 0) is 48.9 Å². The second-order valence-corrected chi connectivity index (χ2v) is 6.59. The molecule has 0 aliphatic carbocycles. The van der Waals surface area contributed by atoms with Gasteiger partial charge in [0.1, 0.15) is 17.9 Å². The normalized spacial score (nSPS) is 19.0. The maximum absolute atomic E-state index is 13.6. The van der Waals surface area contributed by atoms with E-state index < -0.39 is 34.9 Å². The van der Waals surface area contributed by atoms with E-state index in [9.17, 15) is 22.8 Å². The summed E-state index contributed by atoms with van der Waals surface area (Å²) in [6, 6.07) is 7.59. The van der Waals surface area contributed by atoms with E-state index >= 15 is 0 Å². The Morgan fingerprint density at radius 1 is 1.07 bits per heavy atom. The Balaban J connectivity index is 1.57. The van der Waals surface area contributed by atoms with Gasteiger partial charge in [-0.1, -0.05) is 11.2 Å². The van der Waals surface area contributed by atoms with Crippen molar-refractivity contribution in [1.29, 1.82) is 0 Å². The molecule has 2 heterocycles. The van der Waals surface area contributed by atoms with Crippen LogP contribution in [0.3, 0.4) is 0 Å². The first-order valence-corrected chi connectivity index (χ1v) is 8.46. The minimum absolute atomic E-state index is 0.0256. The number of benzene rings is 2. The second kappa shape index (κ2) is 6.73. The second-order valence-electron chi connectivity index (χ2n) is 6.59. The number of rotatable bonds is 4. The van der Waals surface area contributed by atoms with Crippen LogP contribution in [0.25, 0.3) is 11.4 Å². The highest BCUT2D eigenvalue weighted by atomic mass is 19.2. The molecule has 0 bridgehead atoms. The lowest BCUT2D eigenvalue weighted by Gasteiger charge is -2.22. The summed E-state index contributed by atoms with van der Waals surface area (Å²) in [7, 11) is 0. The van der Waals surface area contributed by atoms with Gasteiger partial charge in [-0.15, -0.1) is 0 Å². The van der Waals surface area contributed by atoms with Crippen LogP contribution in [-0.2, 0) is 16.9 Å². The number of carbonyl (C=O) groups is 2. The number of hydrogen-bond donors (Lipinski definition) is 1. The largest absolute Gasteiger partial charge is 0.337 e. The maximum atomic E-state index is 13.6. The minimum Gasteiger partial charge on any atom is -0.337 e. The lowest BCUT2D eigenvalue weighted by Crippen LogP contribution is -2.41. The molecule has 1 aromatic heterocycles. The van der Waals surface area contributed by atoms with Gasteiger partial charge in [0.05, 0.1) is 0 Å². The monoisotopic (exact) mass is 402 g/mol. The molecule has 1 N–H and O–H groups in total. The Kier molecular flexibility index (Phi) is 4.33. The highest BCUT2D eigenvalue weighted by Gasteiger charge is 2.49. The molecule has 1 aliphatic rings. The van der Waals surface area contributed by atoms with E-state index in [1.54, 1.807) is 0 Å². The smallest absolute Gasteiger partial charge is 0.325 e. The van der Waals surface area contributed by atoms with Crippen molar-refractivity contribution in [1.82, 2.24) is 20.4 Å². The van der Waals surface area contributed by atoms with E-state index in [2.05, 4.69) is 15.5 Å². The lowest BCUT2D eigenvalue weighted by molar-refractivity contribution is -0.131. The molecule has 1 fully saturated rings. The molecule has 1 unspecified atom stereocenters. The van der Waals surface area contributed by atoms with Crippen molar-refractivity contribution in [3.8, 4) is 11.4 Å². The molecule has 1 atom stereocenters. The quantitative estimate of drug-likeness (QED) is 0.678. The number of nitrogens with one attached hydrogen (secondary N) is 1. The Hall–Kier alpha value is -3.69. The fraction of sp³-hybridized carbons (Fsp3) is 0.158. The summed E-state index contributed by atoms with van der Waals surface area (Å²) < 4.78 is 44.9. The van der Waals surface area contributed by atoms with Gasteiger partial charge in [0.25, 0.3) is 5.91 Å². The first kappa shape index (κ1) is 18.7. The summed E-state index contributed by atoms with van der Waals surface area (Å²) in [5, 5.41) is 6.23. The number of amides is 3. The predicted octanol–water partition coefficient (Wildman–Crippen LogP) is 3.12. The van der Waals surface area contributed by atoms with Gasteiger partial charge < -0.3 is 9.84 Å². The molecule has 1 aliphatic heterocycles. The minimum atomic E-state index is -1.58. The van der Waals surface area contributed by atoms with Gasteiger partial charge in [-0.2, -0.15) is 4.98 Å². The third-order valence-corrected chi connectivity index (χ3v) is 4.64. The average molecular weight is 402 g/mol. The van der Waals surface area contributed by atoms with Gasteiger partial charge >= 0.3 is 6.03 Å². The average Bonchev–Trinajstić information content (AvgIpc) is 3.24. The van der Waals surface area contributed by atoms with Gasteiger partial charge in [0, 0.05) is 5.56 Å². The fourth-order valence-electron chi connectivity index (χ4n) is 3.01. The van der Waals surface area contributed by atoms with Crippen molar-refractivity contribution in [2.45, 2.75) is 19.0 Å². The number of nitrogens with zero attached hydrogens (tertiary/aromatic N) is 3. The van der Waals surface area contributed by atoms with Crippen LogP contribution in [0.4, 0.5) is 18.0 Å². The third-order valence-electron chi connectivity index (χ3n) is 4.64. The molecule has 4 rings (SSSR count). The highest BCUT2D eigenvalue weighted by Crippen LogP contribution is 2.30. The third kappa shape index (κ3) is 3.22. The summed E-state index contributed by atoms with van der Waals surface area (Å²) in [6.45, 7) is 1.07. The number of carbonyl (C=O) groups excluding carboxylic acids is 2. The van der Waals surface area contributed by atoms with Crippen molar-refractivity contribution in [2.75, 3.05) is 0 Å². The number of urea groups is 1.